The zero-order chi connectivity index (χ0) is 7.82. The second-order valence-electron chi connectivity index (χ2n) is 2.40. The Bertz CT molecular complexity index is 60.3. The Kier molecular flexibility index (Phi) is 8.98. The van der Waals surface area contributed by atoms with Crippen molar-refractivity contribution in [2.75, 3.05) is 0 Å². The molecule has 0 saturated heterocycles. The fourth-order valence-electron chi connectivity index (χ4n) is 0.893. The summed E-state index contributed by atoms with van der Waals surface area (Å²) in [5.41, 5.74) is 0. The molecule has 0 N–H and O–H groups in total. The summed E-state index contributed by atoms with van der Waals surface area (Å²) in [4.78, 5) is 0. The summed E-state index contributed by atoms with van der Waals surface area (Å²) >= 11 is 1.84. The van der Waals surface area contributed by atoms with Gasteiger partial charge in [-0.25, -0.2) is 0 Å². The first-order valence-electron chi connectivity index (χ1n) is 3.90. The van der Waals surface area contributed by atoms with E-state index >= 15 is 0 Å². The van der Waals surface area contributed by atoms with Crippen molar-refractivity contribution in [2.24, 2.45) is 0 Å². The van der Waals surface area contributed by atoms with Gasteiger partial charge in [0.2, 0.25) is 0 Å². The van der Waals surface area contributed by atoms with Crippen LogP contribution in [0.2, 0.25) is 15.4 Å². The molecular weight excluding hydrogens is 254 g/mol. The SMILES string of the molecule is CCCCCC([Se]C)[Se]C. The molecule has 10 heavy (non-hydrogen) atoms. The molecule has 0 radical (unpaired) electrons. The minimum atomic E-state index is 0.919. The van der Waals surface area contributed by atoms with E-state index in [-0.39, 0.29) is 0 Å². The van der Waals surface area contributed by atoms with Crippen molar-refractivity contribution in [2.45, 2.75) is 48.0 Å². The summed E-state index contributed by atoms with van der Waals surface area (Å²) in [6.07, 6.45) is 5.82. The van der Waals surface area contributed by atoms with E-state index < -0.39 is 0 Å². The minimum absolute atomic E-state index is 0.919. The van der Waals surface area contributed by atoms with Crippen LogP contribution in [0.3, 0.4) is 0 Å². The normalized spacial score (nSPS) is 10.8. The van der Waals surface area contributed by atoms with Crippen LogP contribution in [0.1, 0.15) is 32.6 Å². The Hall–Kier alpha value is 1.04. The first kappa shape index (κ1) is 11.0. The van der Waals surface area contributed by atoms with Gasteiger partial charge in [0, 0.05) is 0 Å². The molecule has 0 spiro atoms. The number of hydrogen-bond acceptors (Lipinski definition) is 0. The van der Waals surface area contributed by atoms with Crippen molar-refractivity contribution in [1.29, 1.82) is 0 Å². The summed E-state index contributed by atoms with van der Waals surface area (Å²) in [7, 11) is 0. The van der Waals surface area contributed by atoms with Gasteiger partial charge >= 0.3 is 77.9 Å². The van der Waals surface area contributed by atoms with E-state index in [1.807, 2.05) is 0 Å². The standard InChI is InChI=1S/C8H18Se2/c1-4-5-6-7-8(9-2)10-3/h8H,4-7H2,1-3H3. The third-order valence-electron chi connectivity index (χ3n) is 1.57. The quantitative estimate of drug-likeness (QED) is 0.515. The van der Waals surface area contributed by atoms with Crippen molar-refractivity contribution < 1.29 is 0 Å². The molecule has 62 valence electrons. The number of unbranched alkanes of at least 4 members (excludes halogenated alkanes) is 2. The molecule has 2 heteroatoms. The Morgan fingerprint density at radius 3 is 2.10 bits per heavy atom. The van der Waals surface area contributed by atoms with Gasteiger partial charge in [-0.1, -0.05) is 0 Å². The Labute approximate surface area is 77.9 Å². The monoisotopic (exact) mass is 274 g/mol. The van der Waals surface area contributed by atoms with Crippen molar-refractivity contribution in [3.63, 3.8) is 0 Å². The second kappa shape index (κ2) is 8.14. The molecule has 0 unspecified atom stereocenters. The molecule has 0 nitrogen and oxygen atoms in total. The molecular formula is C8H18Se2. The van der Waals surface area contributed by atoms with Gasteiger partial charge in [0.15, 0.2) is 0 Å². The van der Waals surface area contributed by atoms with Crippen LogP contribution in [0.25, 0.3) is 0 Å². The van der Waals surface area contributed by atoms with E-state index in [1.54, 1.807) is 0 Å². The maximum atomic E-state index is 2.38. The summed E-state index contributed by atoms with van der Waals surface area (Å²) in [5, 5.41) is 0. The molecule has 0 heterocycles. The summed E-state index contributed by atoms with van der Waals surface area (Å²) < 4.78 is 1.13. The first-order valence-corrected chi connectivity index (χ1v) is 9.31. The van der Waals surface area contributed by atoms with Crippen LogP contribution < -0.4 is 0 Å². The average Bonchev–Trinajstić information content (AvgIpc) is 1.99. The van der Waals surface area contributed by atoms with E-state index in [9.17, 15) is 0 Å². The predicted molar refractivity (Wildman–Crippen MR) is 51.1 cm³/mol. The maximum absolute atomic E-state index is 2.38. The fraction of sp³-hybridized carbons (Fsp3) is 1.00. The Morgan fingerprint density at radius 1 is 1.10 bits per heavy atom. The Balaban J connectivity index is 3.09. The van der Waals surface area contributed by atoms with Gasteiger partial charge in [0.25, 0.3) is 0 Å². The predicted octanol–water partition coefficient (Wildman–Crippen LogP) is 2.82. The van der Waals surface area contributed by atoms with Gasteiger partial charge in [0.05, 0.1) is 0 Å². The molecule has 0 aliphatic rings. The van der Waals surface area contributed by atoms with Crippen LogP contribution in [0.15, 0.2) is 0 Å². The van der Waals surface area contributed by atoms with Gasteiger partial charge in [-0.15, -0.1) is 0 Å². The van der Waals surface area contributed by atoms with Crippen LogP contribution in [-0.4, -0.2) is 29.9 Å². The third kappa shape index (κ3) is 5.80. The van der Waals surface area contributed by atoms with Gasteiger partial charge in [0.1, 0.15) is 0 Å². The summed E-state index contributed by atoms with van der Waals surface area (Å²) in [5.74, 6) is 4.77. The topological polar surface area (TPSA) is 0 Å². The molecule has 0 fully saturated rings. The van der Waals surface area contributed by atoms with Crippen LogP contribution in [0.5, 0.6) is 0 Å². The summed E-state index contributed by atoms with van der Waals surface area (Å²) in [6, 6.07) is 0. The van der Waals surface area contributed by atoms with E-state index in [2.05, 4.69) is 18.6 Å². The van der Waals surface area contributed by atoms with Gasteiger partial charge in [-0.05, 0) is 0 Å². The van der Waals surface area contributed by atoms with Gasteiger partial charge in [-0.2, -0.15) is 0 Å². The fourth-order valence-corrected chi connectivity index (χ4v) is 5.08. The van der Waals surface area contributed by atoms with Crippen molar-refractivity contribution in [1.82, 2.24) is 0 Å². The molecule has 0 saturated carbocycles. The van der Waals surface area contributed by atoms with Crippen molar-refractivity contribution >= 4 is 29.9 Å². The van der Waals surface area contributed by atoms with Gasteiger partial charge in [-0.3, -0.25) is 0 Å². The average molecular weight is 272 g/mol. The van der Waals surface area contributed by atoms with E-state index in [1.165, 1.54) is 25.7 Å². The van der Waals surface area contributed by atoms with E-state index in [0.717, 1.165) is 33.6 Å². The van der Waals surface area contributed by atoms with Crippen molar-refractivity contribution in [3.05, 3.63) is 0 Å². The zero-order valence-corrected chi connectivity index (χ0v) is 10.6. The molecule has 0 aromatic carbocycles. The molecule has 0 aliphatic carbocycles. The molecule has 0 aromatic heterocycles. The second-order valence-corrected chi connectivity index (χ2v) is 8.28. The molecule has 0 atom stereocenters. The van der Waals surface area contributed by atoms with Crippen LogP contribution in [0.4, 0.5) is 0 Å². The van der Waals surface area contributed by atoms with Crippen LogP contribution in [0, 0.1) is 0 Å². The van der Waals surface area contributed by atoms with E-state index in [0.29, 0.717) is 0 Å². The van der Waals surface area contributed by atoms with Crippen LogP contribution in [-0.2, 0) is 0 Å². The third-order valence-corrected chi connectivity index (χ3v) is 8.96. The molecule has 0 rings (SSSR count). The van der Waals surface area contributed by atoms with Crippen LogP contribution >= 0.6 is 0 Å². The number of hydrogen-bond donors (Lipinski definition) is 0. The molecule has 0 aliphatic heterocycles. The van der Waals surface area contributed by atoms with Crippen molar-refractivity contribution in [3.8, 4) is 0 Å². The van der Waals surface area contributed by atoms with Gasteiger partial charge < -0.3 is 0 Å². The zero-order valence-electron chi connectivity index (χ0n) is 7.22. The molecule has 0 amide bonds. The Morgan fingerprint density at radius 2 is 1.70 bits per heavy atom. The summed E-state index contributed by atoms with van der Waals surface area (Å²) in [6.45, 7) is 2.28. The first-order chi connectivity index (χ1) is 4.85. The number of rotatable bonds is 6. The molecule has 0 bridgehead atoms. The van der Waals surface area contributed by atoms with E-state index in [4.69, 9.17) is 0 Å². The molecule has 0 aromatic rings.